The van der Waals surface area contributed by atoms with Crippen LogP contribution in [0.5, 0.6) is 0 Å². The van der Waals surface area contributed by atoms with Crippen molar-refractivity contribution >= 4 is 0 Å². The van der Waals surface area contributed by atoms with E-state index in [1.807, 2.05) is 36.4 Å². The van der Waals surface area contributed by atoms with E-state index in [4.69, 9.17) is 0 Å². The molecule has 0 saturated heterocycles. The molecule has 80 valence electrons. The van der Waals surface area contributed by atoms with Gasteiger partial charge in [0, 0.05) is 7.05 Å². The Kier molecular flexibility index (Phi) is 3.44. The van der Waals surface area contributed by atoms with E-state index in [2.05, 4.69) is 34.5 Å². The molecular formula is C14H14N2. The lowest BCUT2D eigenvalue weighted by molar-refractivity contribution is 0.796. The van der Waals surface area contributed by atoms with Crippen molar-refractivity contribution in [2.75, 3.05) is 7.05 Å². The van der Waals surface area contributed by atoms with Crippen LogP contribution >= 0.6 is 0 Å². The molecule has 0 unspecified atom stereocenters. The summed E-state index contributed by atoms with van der Waals surface area (Å²) in [6.07, 6.45) is 0. The van der Waals surface area contributed by atoms with Gasteiger partial charge in [-0.15, -0.1) is 0 Å². The lowest BCUT2D eigenvalue weighted by Crippen LogP contribution is -1.96. The van der Waals surface area contributed by atoms with Gasteiger partial charge in [0.2, 0.25) is 0 Å². The summed E-state index contributed by atoms with van der Waals surface area (Å²) in [5.74, 6) is 0. The maximum Gasteiger partial charge on any atom is 0.121 e. The highest BCUT2D eigenvalue weighted by atomic mass is 15.1. The van der Waals surface area contributed by atoms with Gasteiger partial charge in [-0.2, -0.15) is 10.2 Å². The summed E-state index contributed by atoms with van der Waals surface area (Å²) in [5.41, 5.74) is 2.33. The molecule has 0 aliphatic carbocycles. The molecule has 0 atom stereocenters. The molecule has 0 aromatic heterocycles. The van der Waals surface area contributed by atoms with Crippen LogP contribution in [0.1, 0.15) is 17.2 Å². The van der Waals surface area contributed by atoms with E-state index in [0.717, 1.165) is 0 Å². The predicted molar refractivity (Wildman–Crippen MR) is 65.5 cm³/mol. The molecule has 2 nitrogen and oxygen atoms in total. The average Bonchev–Trinajstić information content (AvgIpc) is 2.38. The predicted octanol–water partition coefficient (Wildman–Crippen LogP) is 3.86. The van der Waals surface area contributed by atoms with E-state index in [-0.39, 0.29) is 6.04 Å². The minimum Gasteiger partial charge on any atom is -0.197 e. The van der Waals surface area contributed by atoms with Crippen molar-refractivity contribution in [1.82, 2.24) is 0 Å². The van der Waals surface area contributed by atoms with Crippen LogP contribution in [-0.4, -0.2) is 7.05 Å². The first-order valence-corrected chi connectivity index (χ1v) is 5.30. The molecule has 0 aliphatic rings. The van der Waals surface area contributed by atoms with Gasteiger partial charge in [-0.25, -0.2) is 0 Å². The molecular weight excluding hydrogens is 196 g/mol. The Labute approximate surface area is 95.7 Å². The van der Waals surface area contributed by atoms with E-state index in [9.17, 15) is 0 Å². The van der Waals surface area contributed by atoms with Gasteiger partial charge in [-0.3, -0.25) is 0 Å². The van der Waals surface area contributed by atoms with Gasteiger partial charge in [0.25, 0.3) is 0 Å². The average molecular weight is 210 g/mol. The first-order valence-electron chi connectivity index (χ1n) is 5.30. The molecule has 0 amide bonds. The van der Waals surface area contributed by atoms with Crippen molar-refractivity contribution < 1.29 is 0 Å². The second-order valence-corrected chi connectivity index (χ2v) is 3.54. The molecule has 0 saturated carbocycles. The zero-order valence-corrected chi connectivity index (χ0v) is 9.25. The van der Waals surface area contributed by atoms with Crippen LogP contribution in [0.4, 0.5) is 0 Å². The highest BCUT2D eigenvalue weighted by molar-refractivity contribution is 5.31. The van der Waals surface area contributed by atoms with Crippen LogP contribution in [0, 0.1) is 0 Å². The Bertz CT molecular complexity index is 409. The van der Waals surface area contributed by atoms with Crippen LogP contribution in [0.2, 0.25) is 0 Å². The van der Waals surface area contributed by atoms with E-state index >= 15 is 0 Å². The third-order valence-electron chi connectivity index (χ3n) is 2.46. The summed E-state index contributed by atoms with van der Waals surface area (Å²) in [6.45, 7) is 0. The number of benzene rings is 2. The first-order chi connectivity index (χ1) is 7.92. The summed E-state index contributed by atoms with van der Waals surface area (Å²) in [4.78, 5) is 0. The maximum absolute atomic E-state index is 4.29. The van der Waals surface area contributed by atoms with E-state index in [0.29, 0.717) is 0 Å². The Morgan fingerprint density at radius 2 is 1.19 bits per heavy atom. The molecule has 16 heavy (non-hydrogen) atoms. The second-order valence-electron chi connectivity index (χ2n) is 3.54. The molecule has 0 N–H and O–H groups in total. The summed E-state index contributed by atoms with van der Waals surface area (Å²) >= 11 is 0. The van der Waals surface area contributed by atoms with Crippen molar-refractivity contribution in [3.05, 3.63) is 71.8 Å². The summed E-state index contributed by atoms with van der Waals surface area (Å²) in [6, 6.07) is 20.4. The minimum absolute atomic E-state index is 0.00685. The van der Waals surface area contributed by atoms with Gasteiger partial charge in [0.05, 0.1) is 0 Å². The van der Waals surface area contributed by atoms with Crippen LogP contribution in [0.25, 0.3) is 0 Å². The fourth-order valence-electron chi connectivity index (χ4n) is 1.71. The number of rotatable bonds is 3. The second kappa shape index (κ2) is 5.21. The van der Waals surface area contributed by atoms with Crippen molar-refractivity contribution in [3.63, 3.8) is 0 Å². The van der Waals surface area contributed by atoms with Gasteiger partial charge in [0.1, 0.15) is 6.04 Å². The van der Waals surface area contributed by atoms with E-state index in [1.165, 1.54) is 11.1 Å². The van der Waals surface area contributed by atoms with Gasteiger partial charge < -0.3 is 0 Å². The van der Waals surface area contributed by atoms with Crippen LogP contribution in [0.15, 0.2) is 70.9 Å². The molecule has 2 aromatic rings. The SMILES string of the molecule is CN=NC(c1ccccc1)c1ccccc1. The summed E-state index contributed by atoms with van der Waals surface area (Å²) in [7, 11) is 1.71. The number of hydrogen-bond donors (Lipinski definition) is 0. The molecule has 0 bridgehead atoms. The summed E-state index contributed by atoms with van der Waals surface area (Å²) < 4.78 is 0. The van der Waals surface area contributed by atoms with Crippen LogP contribution in [0.3, 0.4) is 0 Å². The Morgan fingerprint density at radius 1 is 0.750 bits per heavy atom. The molecule has 0 fully saturated rings. The molecule has 2 heteroatoms. The lowest BCUT2D eigenvalue weighted by Gasteiger charge is -2.11. The molecule has 0 radical (unpaired) electrons. The van der Waals surface area contributed by atoms with Gasteiger partial charge in [0.15, 0.2) is 0 Å². The third-order valence-corrected chi connectivity index (χ3v) is 2.46. The molecule has 0 aliphatic heterocycles. The van der Waals surface area contributed by atoms with Crippen molar-refractivity contribution in [2.45, 2.75) is 6.04 Å². The zero-order chi connectivity index (χ0) is 11.2. The normalized spacial score (nSPS) is 11.1. The maximum atomic E-state index is 4.29. The Balaban J connectivity index is 2.39. The minimum atomic E-state index is 0.00685. The van der Waals surface area contributed by atoms with Gasteiger partial charge in [-0.1, -0.05) is 60.7 Å². The van der Waals surface area contributed by atoms with E-state index in [1.54, 1.807) is 7.05 Å². The highest BCUT2D eigenvalue weighted by Gasteiger charge is 2.11. The number of nitrogens with zero attached hydrogens (tertiary/aromatic N) is 2. The van der Waals surface area contributed by atoms with E-state index < -0.39 is 0 Å². The quantitative estimate of drug-likeness (QED) is 0.687. The molecule has 0 heterocycles. The van der Waals surface area contributed by atoms with Gasteiger partial charge >= 0.3 is 0 Å². The lowest BCUT2D eigenvalue weighted by atomic mass is 10.00. The zero-order valence-electron chi connectivity index (χ0n) is 9.25. The Morgan fingerprint density at radius 3 is 1.56 bits per heavy atom. The Hall–Kier alpha value is -1.96. The standard InChI is InChI=1S/C14H14N2/c1-15-16-14(12-8-4-2-5-9-12)13-10-6-3-7-11-13/h2-11,14H,1H3. The fourth-order valence-corrected chi connectivity index (χ4v) is 1.71. The summed E-state index contributed by atoms with van der Waals surface area (Å²) in [5, 5.41) is 8.20. The third kappa shape index (κ3) is 2.34. The van der Waals surface area contributed by atoms with Crippen molar-refractivity contribution in [1.29, 1.82) is 0 Å². The highest BCUT2D eigenvalue weighted by Crippen LogP contribution is 2.25. The molecule has 2 aromatic carbocycles. The van der Waals surface area contributed by atoms with Gasteiger partial charge in [-0.05, 0) is 11.1 Å². The van der Waals surface area contributed by atoms with Crippen LogP contribution in [-0.2, 0) is 0 Å². The van der Waals surface area contributed by atoms with Crippen LogP contribution < -0.4 is 0 Å². The van der Waals surface area contributed by atoms with Crippen molar-refractivity contribution in [2.24, 2.45) is 10.2 Å². The fraction of sp³-hybridized carbons (Fsp3) is 0.143. The number of azo groups is 1. The first kappa shape index (κ1) is 10.6. The molecule has 2 rings (SSSR count). The van der Waals surface area contributed by atoms with Crippen molar-refractivity contribution in [3.8, 4) is 0 Å². The topological polar surface area (TPSA) is 24.7 Å². The smallest absolute Gasteiger partial charge is 0.121 e. The number of hydrogen-bond acceptors (Lipinski definition) is 2. The largest absolute Gasteiger partial charge is 0.197 e. The monoisotopic (exact) mass is 210 g/mol. The molecule has 0 spiro atoms.